The van der Waals surface area contributed by atoms with E-state index < -0.39 is 0 Å². The Morgan fingerprint density at radius 3 is 2.81 bits per heavy atom. The van der Waals surface area contributed by atoms with Gasteiger partial charge in [0.25, 0.3) is 0 Å². The van der Waals surface area contributed by atoms with E-state index >= 15 is 0 Å². The summed E-state index contributed by atoms with van der Waals surface area (Å²) in [6.07, 6.45) is 7.46. The van der Waals surface area contributed by atoms with Crippen LogP contribution in [0.1, 0.15) is 57.1 Å². The molecule has 1 aliphatic carbocycles. The monoisotopic (exact) mass is 287 g/mol. The molecule has 2 nitrogen and oxygen atoms in total. The van der Waals surface area contributed by atoms with E-state index in [0.29, 0.717) is 17.2 Å². The molecular formula is C19H29NO. The standard InChI is InChI=1S/C19H29NO/c1-4-6-16-18-12-14-7-8-15(21)13-17(14)19(16,9-5-2)10-11-20(18)3/h7-8,13,16,18,21H,4-6,9-12H2,1-3H3/t16-,18+,19-/m0/s1. The van der Waals surface area contributed by atoms with Gasteiger partial charge in [0, 0.05) is 11.5 Å². The smallest absolute Gasteiger partial charge is 0.115 e. The normalized spacial score (nSPS) is 32.0. The summed E-state index contributed by atoms with van der Waals surface area (Å²) < 4.78 is 0. The van der Waals surface area contributed by atoms with Crippen molar-refractivity contribution in [2.45, 2.75) is 63.8 Å². The van der Waals surface area contributed by atoms with Gasteiger partial charge in [0.15, 0.2) is 0 Å². The maximum absolute atomic E-state index is 10.0. The number of aromatic hydroxyl groups is 1. The molecule has 0 radical (unpaired) electrons. The zero-order valence-corrected chi connectivity index (χ0v) is 13.7. The third-order valence-corrected chi connectivity index (χ3v) is 6.01. The lowest BCUT2D eigenvalue weighted by molar-refractivity contribution is 0.0197. The molecule has 1 aliphatic heterocycles. The third kappa shape index (κ3) is 2.28. The highest BCUT2D eigenvalue weighted by molar-refractivity contribution is 5.44. The van der Waals surface area contributed by atoms with E-state index in [1.807, 2.05) is 6.07 Å². The molecule has 0 amide bonds. The molecule has 3 atom stereocenters. The quantitative estimate of drug-likeness (QED) is 0.901. The first-order valence-electron chi connectivity index (χ1n) is 8.65. The summed E-state index contributed by atoms with van der Waals surface area (Å²) in [5.41, 5.74) is 3.24. The van der Waals surface area contributed by atoms with Crippen LogP contribution in [0.3, 0.4) is 0 Å². The Morgan fingerprint density at radius 2 is 2.10 bits per heavy atom. The van der Waals surface area contributed by atoms with Gasteiger partial charge in [-0.3, -0.25) is 0 Å². The molecule has 0 unspecified atom stereocenters. The van der Waals surface area contributed by atoms with Crippen LogP contribution in [0.4, 0.5) is 0 Å². The maximum Gasteiger partial charge on any atom is 0.115 e. The average molecular weight is 287 g/mol. The number of hydrogen-bond acceptors (Lipinski definition) is 2. The van der Waals surface area contributed by atoms with Gasteiger partial charge in [-0.05, 0) is 68.5 Å². The van der Waals surface area contributed by atoms with Crippen molar-refractivity contribution in [2.24, 2.45) is 5.92 Å². The van der Waals surface area contributed by atoms with Gasteiger partial charge in [0.2, 0.25) is 0 Å². The van der Waals surface area contributed by atoms with Gasteiger partial charge < -0.3 is 10.0 Å². The number of nitrogens with zero attached hydrogens (tertiary/aromatic N) is 1. The topological polar surface area (TPSA) is 23.5 Å². The third-order valence-electron chi connectivity index (χ3n) is 6.01. The predicted molar refractivity (Wildman–Crippen MR) is 87.8 cm³/mol. The molecule has 21 heavy (non-hydrogen) atoms. The van der Waals surface area contributed by atoms with Crippen LogP contribution in [0.5, 0.6) is 5.75 Å². The molecule has 1 fully saturated rings. The molecule has 2 bridgehead atoms. The number of hydrogen-bond donors (Lipinski definition) is 1. The lowest BCUT2D eigenvalue weighted by atomic mass is 9.54. The van der Waals surface area contributed by atoms with Gasteiger partial charge in [0.05, 0.1) is 0 Å². The summed E-state index contributed by atoms with van der Waals surface area (Å²) in [6, 6.07) is 6.80. The zero-order chi connectivity index (χ0) is 15.0. The molecule has 1 aromatic carbocycles. The second kappa shape index (κ2) is 5.64. The van der Waals surface area contributed by atoms with Gasteiger partial charge in [-0.2, -0.15) is 0 Å². The number of likely N-dealkylation sites (N-methyl/N-ethyl adjacent to an activating group) is 1. The van der Waals surface area contributed by atoms with Crippen LogP contribution >= 0.6 is 0 Å². The number of rotatable bonds is 4. The molecule has 3 rings (SSSR count). The Balaban J connectivity index is 2.14. The molecule has 1 N–H and O–H groups in total. The van der Waals surface area contributed by atoms with Crippen molar-refractivity contribution in [1.29, 1.82) is 0 Å². The van der Waals surface area contributed by atoms with Crippen molar-refractivity contribution in [3.63, 3.8) is 0 Å². The van der Waals surface area contributed by atoms with Crippen molar-refractivity contribution in [3.8, 4) is 5.75 Å². The number of phenols is 1. The molecule has 2 aliphatic rings. The number of fused-ring (bicyclic) bond motifs is 4. The highest BCUT2D eigenvalue weighted by Gasteiger charge is 2.51. The van der Waals surface area contributed by atoms with Crippen LogP contribution in [0.15, 0.2) is 18.2 Å². The van der Waals surface area contributed by atoms with Crippen LogP contribution in [-0.4, -0.2) is 29.6 Å². The summed E-state index contributed by atoms with van der Waals surface area (Å²) in [7, 11) is 2.30. The minimum atomic E-state index is 0.300. The first-order valence-corrected chi connectivity index (χ1v) is 8.65. The number of piperidine rings is 1. The van der Waals surface area contributed by atoms with Gasteiger partial charge in [-0.25, -0.2) is 0 Å². The predicted octanol–water partition coefficient (Wildman–Crippen LogP) is 4.11. The Hall–Kier alpha value is -1.02. The first kappa shape index (κ1) is 14.9. The van der Waals surface area contributed by atoms with E-state index in [-0.39, 0.29) is 0 Å². The van der Waals surface area contributed by atoms with Crippen molar-refractivity contribution >= 4 is 0 Å². The van der Waals surface area contributed by atoms with Crippen LogP contribution < -0.4 is 0 Å². The summed E-state index contributed by atoms with van der Waals surface area (Å²) in [6.45, 7) is 5.81. The fraction of sp³-hybridized carbons (Fsp3) is 0.684. The molecule has 1 saturated heterocycles. The molecule has 116 valence electrons. The Labute approximate surface area is 129 Å². The fourth-order valence-electron chi connectivity index (χ4n) is 5.14. The zero-order valence-electron chi connectivity index (χ0n) is 13.7. The van der Waals surface area contributed by atoms with Crippen LogP contribution in [0.2, 0.25) is 0 Å². The number of likely N-dealkylation sites (tertiary alicyclic amines) is 1. The lowest BCUT2D eigenvalue weighted by Gasteiger charge is -2.56. The Morgan fingerprint density at radius 1 is 1.29 bits per heavy atom. The lowest BCUT2D eigenvalue weighted by Crippen LogP contribution is -2.58. The average Bonchev–Trinajstić information content (AvgIpc) is 2.46. The van der Waals surface area contributed by atoms with Crippen LogP contribution in [0, 0.1) is 5.92 Å². The molecule has 0 aromatic heterocycles. The minimum absolute atomic E-state index is 0.300. The Kier molecular flexibility index (Phi) is 4.00. The SMILES string of the molecule is CCC[C@H]1[C@H]2Cc3ccc(O)cc3[C@@]1(CCC)CCN2C. The van der Waals surface area contributed by atoms with Crippen LogP contribution in [-0.2, 0) is 11.8 Å². The van der Waals surface area contributed by atoms with E-state index in [2.05, 4.69) is 37.9 Å². The minimum Gasteiger partial charge on any atom is -0.508 e. The van der Waals surface area contributed by atoms with E-state index in [1.165, 1.54) is 49.8 Å². The summed E-state index contributed by atoms with van der Waals surface area (Å²) in [5.74, 6) is 1.19. The van der Waals surface area contributed by atoms with Crippen LogP contribution in [0.25, 0.3) is 0 Å². The summed E-state index contributed by atoms with van der Waals surface area (Å²) >= 11 is 0. The molecular weight excluding hydrogens is 258 g/mol. The highest BCUT2D eigenvalue weighted by Crippen LogP contribution is 2.53. The molecule has 0 spiro atoms. The van der Waals surface area contributed by atoms with Crippen molar-refractivity contribution in [1.82, 2.24) is 4.90 Å². The van der Waals surface area contributed by atoms with Crippen molar-refractivity contribution in [3.05, 3.63) is 29.3 Å². The summed E-state index contributed by atoms with van der Waals surface area (Å²) in [5, 5.41) is 10.0. The van der Waals surface area contributed by atoms with Gasteiger partial charge in [-0.15, -0.1) is 0 Å². The van der Waals surface area contributed by atoms with E-state index in [1.54, 1.807) is 0 Å². The number of phenolic OH excluding ortho intramolecular Hbond substituents is 1. The van der Waals surface area contributed by atoms with E-state index in [4.69, 9.17) is 0 Å². The summed E-state index contributed by atoms with van der Waals surface area (Å²) in [4.78, 5) is 2.59. The second-order valence-corrected chi connectivity index (χ2v) is 7.14. The molecule has 1 aromatic rings. The molecule has 1 heterocycles. The van der Waals surface area contributed by atoms with Crippen molar-refractivity contribution < 1.29 is 5.11 Å². The maximum atomic E-state index is 10.0. The second-order valence-electron chi connectivity index (χ2n) is 7.14. The number of benzene rings is 1. The van der Waals surface area contributed by atoms with Crippen molar-refractivity contribution in [2.75, 3.05) is 13.6 Å². The van der Waals surface area contributed by atoms with Gasteiger partial charge in [-0.1, -0.05) is 32.8 Å². The van der Waals surface area contributed by atoms with Gasteiger partial charge >= 0.3 is 0 Å². The molecule has 2 heteroatoms. The van der Waals surface area contributed by atoms with E-state index in [9.17, 15) is 5.11 Å². The first-order chi connectivity index (χ1) is 10.1. The largest absolute Gasteiger partial charge is 0.508 e. The fourth-order valence-corrected chi connectivity index (χ4v) is 5.14. The Bertz CT molecular complexity index is 512. The van der Waals surface area contributed by atoms with E-state index in [0.717, 1.165) is 12.3 Å². The van der Waals surface area contributed by atoms with Gasteiger partial charge in [0.1, 0.15) is 5.75 Å². The highest BCUT2D eigenvalue weighted by atomic mass is 16.3. The molecule has 0 saturated carbocycles.